The monoisotopic (exact) mass is 234 g/mol. The largest absolute Gasteiger partial charge is 0.491 e. The number of ether oxygens (including phenoxy) is 1. The molecular weight excluding hydrogens is 219 g/mol. The molecule has 1 aliphatic carbocycles. The van der Waals surface area contributed by atoms with Crippen LogP contribution in [0.1, 0.15) is 19.8 Å². The molecule has 0 aliphatic heterocycles. The zero-order valence-electron chi connectivity index (χ0n) is 9.74. The summed E-state index contributed by atoms with van der Waals surface area (Å²) in [6, 6.07) is 8.46. The summed E-state index contributed by atoms with van der Waals surface area (Å²) in [6.07, 6.45) is 2.24. The van der Waals surface area contributed by atoms with Crippen molar-refractivity contribution in [2.45, 2.75) is 31.3 Å². The van der Waals surface area contributed by atoms with Gasteiger partial charge < -0.3 is 4.74 Å². The number of rotatable bonds is 5. The molecule has 0 bridgehead atoms. The van der Waals surface area contributed by atoms with Gasteiger partial charge in [-0.15, -0.1) is 0 Å². The summed E-state index contributed by atoms with van der Waals surface area (Å²) in [7, 11) is 0. The van der Waals surface area contributed by atoms with E-state index in [2.05, 4.69) is 11.4 Å². The Morgan fingerprint density at radius 3 is 2.65 bits per heavy atom. The summed E-state index contributed by atoms with van der Waals surface area (Å²) in [6.45, 7) is 2.07. The molecule has 0 aromatic heterocycles. The molecule has 0 amide bonds. The van der Waals surface area contributed by atoms with Gasteiger partial charge in [-0.1, -0.05) is 0 Å². The van der Waals surface area contributed by atoms with Crippen molar-refractivity contribution in [2.24, 2.45) is 0 Å². The van der Waals surface area contributed by atoms with E-state index in [9.17, 15) is 4.39 Å². The Morgan fingerprint density at radius 1 is 1.47 bits per heavy atom. The average Bonchev–Trinajstić information content (AvgIpc) is 3.12. The van der Waals surface area contributed by atoms with Crippen LogP contribution in [0.4, 0.5) is 4.39 Å². The van der Waals surface area contributed by atoms with Gasteiger partial charge in [0.2, 0.25) is 0 Å². The lowest BCUT2D eigenvalue weighted by Gasteiger charge is -2.23. The first-order valence-electron chi connectivity index (χ1n) is 5.69. The highest BCUT2D eigenvalue weighted by atomic mass is 19.1. The Labute approximate surface area is 100 Å². The SMILES string of the molecule is CC(C#N)(COc1ccc(F)cc1)NC1CC1. The second kappa shape index (κ2) is 4.72. The van der Waals surface area contributed by atoms with Gasteiger partial charge in [-0.05, 0) is 44.0 Å². The van der Waals surface area contributed by atoms with Gasteiger partial charge in [0.05, 0.1) is 6.07 Å². The Balaban J connectivity index is 1.91. The van der Waals surface area contributed by atoms with E-state index in [0.29, 0.717) is 11.8 Å². The minimum atomic E-state index is -0.685. The van der Waals surface area contributed by atoms with E-state index in [4.69, 9.17) is 10.00 Å². The van der Waals surface area contributed by atoms with Crippen LogP contribution in [0.5, 0.6) is 5.75 Å². The summed E-state index contributed by atoms with van der Waals surface area (Å²) in [4.78, 5) is 0. The van der Waals surface area contributed by atoms with E-state index in [1.165, 1.54) is 12.1 Å². The van der Waals surface area contributed by atoms with Gasteiger partial charge in [-0.3, -0.25) is 5.32 Å². The molecule has 0 spiro atoms. The van der Waals surface area contributed by atoms with E-state index in [-0.39, 0.29) is 12.4 Å². The van der Waals surface area contributed by atoms with E-state index in [1.54, 1.807) is 12.1 Å². The Hall–Kier alpha value is -1.60. The maximum absolute atomic E-state index is 12.7. The van der Waals surface area contributed by atoms with Crippen LogP contribution in [-0.4, -0.2) is 18.2 Å². The van der Waals surface area contributed by atoms with E-state index in [0.717, 1.165) is 12.8 Å². The summed E-state index contributed by atoms with van der Waals surface area (Å²) >= 11 is 0. The number of nitrogens with one attached hydrogen (secondary N) is 1. The van der Waals surface area contributed by atoms with Crippen molar-refractivity contribution in [3.05, 3.63) is 30.1 Å². The standard InChI is InChI=1S/C13H15FN2O/c1-13(8-15,16-11-4-5-11)9-17-12-6-2-10(14)3-7-12/h2-3,6-7,11,16H,4-5,9H2,1H3. The molecule has 1 fully saturated rings. The number of nitriles is 1. The summed E-state index contributed by atoms with van der Waals surface area (Å²) < 4.78 is 18.2. The lowest BCUT2D eigenvalue weighted by molar-refractivity contribution is 0.232. The van der Waals surface area contributed by atoms with Crippen LogP contribution in [0.25, 0.3) is 0 Å². The van der Waals surface area contributed by atoms with E-state index < -0.39 is 5.54 Å². The van der Waals surface area contributed by atoms with E-state index in [1.807, 2.05) is 6.92 Å². The molecule has 1 atom stereocenters. The molecule has 0 heterocycles. The highest BCUT2D eigenvalue weighted by molar-refractivity contribution is 5.23. The van der Waals surface area contributed by atoms with Gasteiger partial charge in [0.1, 0.15) is 23.7 Å². The molecule has 1 unspecified atom stereocenters. The zero-order chi connectivity index (χ0) is 12.3. The molecular formula is C13H15FN2O. The van der Waals surface area contributed by atoms with Crippen LogP contribution >= 0.6 is 0 Å². The van der Waals surface area contributed by atoms with Crippen LogP contribution in [0.2, 0.25) is 0 Å². The van der Waals surface area contributed by atoms with E-state index >= 15 is 0 Å². The second-order valence-corrected chi connectivity index (χ2v) is 4.61. The third kappa shape index (κ3) is 3.43. The Morgan fingerprint density at radius 2 is 2.12 bits per heavy atom. The highest BCUT2D eigenvalue weighted by Gasteiger charge is 2.33. The van der Waals surface area contributed by atoms with Crippen LogP contribution in [0.3, 0.4) is 0 Å². The maximum Gasteiger partial charge on any atom is 0.138 e. The minimum Gasteiger partial charge on any atom is -0.491 e. The van der Waals surface area contributed by atoms with Gasteiger partial charge in [0.15, 0.2) is 0 Å². The van der Waals surface area contributed by atoms with Gasteiger partial charge in [-0.2, -0.15) is 5.26 Å². The molecule has 90 valence electrons. The van der Waals surface area contributed by atoms with Crippen molar-refractivity contribution < 1.29 is 9.13 Å². The smallest absolute Gasteiger partial charge is 0.138 e. The molecule has 1 N–H and O–H groups in total. The molecule has 3 nitrogen and oxygen atoms in total. The van der Waals surface area contributed by atoms with Crippen molar-refractivity contribution in [3.63, 3.8) is 0 Å². The van der Waals surface area contributed by atoms with Crippen LogP contribution in [0.15, 0.2) is 24.3 Å². The topological polar surface area (TPSA) is 45.0 Å². The van der Waals surface area contributed by atoms with Gasteiger partial charge >= 0.3 is 0 Å². The molecule has 1 saturated carbocycles. The fourth-order valence-electron chi connectivity index (χ4n) is 1.54. The van der Waals surface area contributed by atoms with Gasteiger partial charge in [0, 0.05) is 6.04 Å². The summed E-state index contributed by atoms with van der Waals surface area (Å²) in [5.74, 6) is 0.280. The average molecular weight is 234 g/mol. The van der Waals surface area contributed by atoms with Crippen LogP contribution in [0, 0.1) is 17.1 Å². The predicted molar refractivity (Wildman–Crippen MR) is 62.1 cm³/mol. The first kappa shape index (κ1) is 11.9. The molecule has 2 rings (SSSR count). The molecule has 1 aliphatic rings. The van der Waals surface area contributed by atoms with Gasteiger partial charge in [0.25, 0.3) is 0 Å². The fourth-order valence-corrected chi connectivity index (χ4v) is 1.54. The number of benzene rings is 1. The predicted octanol–water partition coefficient (Wildman–Crippen LogP) is 2.24. The van der Waals surface area contributed by atoms with Crippen LogP contribution < -0.4 is 10.1 Å². The molecule has 1 aromatic rings. The fraction of sp³-hybridized carbons (Fsp3) is 0.462. The van der Waals surface area contributed by atoms with Crippen molar-refractivity contribution >= 4 is 0 Å². The van der Waals surface area contributed by atoms with Crippen molar-refractivity contribution in [1.82, 2.24) is 5.32 Å². The molecule has 17 heavy (non-hydrogen) atoms. The Kier molecular flexibility index (Phi) is 3.30. The van der Waals surface area contributed by atoms with Crippen molar-refractivity contribution in [1.29, 1.82) is 5.26 Å². The van der Waals surface area contributed by atoms with Crippen LogP contribution in [-0.2, 0) is 0 Å². The summed E-state index contributed by atoms with van der Waals surface area (Å²) in [5, 5.41) is 12.4. The summed E-state index contributed by atoms with van der Waals surface area (Å²) in [5.41, 5.74) is -0.685. The maximum atomic E-state index is 12.7. The number of nitrogens with zero attached hydrogens (tertiary/aromatic N) is 1. The second-order valence-electron chi connectivity index (χ2n) is 4.61. The number of hydrogen-bond donors (Lipinski definition) is 1. The molecule has 0 radical (unpaired) electrons. The third-order valence-electron chi connectivity index (χ3n) is 2.69. The molecule has 4 heteroatoms. The van der Waals surface area contributed by atoms with Crippen molar-refractivity contribution in [3.8, 4) is 11.8 Å². The highest BCUT2D eigenvalue weighted by Crippen LogP contribution is 2.23. The lowest BCUT2D eigenvalue weighted by atomic mass is 10.1. The first-order chi connectivity index (χ1) is 8.11. The quantitative estimate of drug-likeness (QED) is 0.849. The molecule has 0 saturated heterocycles. The third-order valence-corrected chi connectivity index (χ3v) is 2.69. The number of hydrogen-bond acceptors (Lipinski definition) is 3. The first-order valence-corrected chi connectivity index (χ1v) is 5.69. The lowest BCUT2D eigenvalue weighted by Crippen LogP contribution is -2.47. The van der Waals surface area contributed by atoms with Gasteiger partial charge in [-0.25, -0.2) is 4.39 Å². The number of halogens is 1. The molecule has 1 aromatic carbocycles. The normalized spacial score (nSPS) is 18.2. The Bertz CT molecular complexity index is 422. The zero-order valence-corrected chi connectivity index (χ0v) is 9.74. The minimum absolute atomic E-state index is 0.256. The van der Waals surface area contributed by atoms with Crippen molar-refractivity contribution in [2.75, 3.05) is 6.61 Å².